The van der Waals surface area contributed by atoms with Crippen LogP contribution in [-0.2, 0) is 0 Å². The first-order valence-corrected chi connectivity index (χ1v) is 8.22. The van der Waals surface area contributed by atoms with E-state index < -0.39 is 0 Å². The molecule has 0 spiro atoms. The molecule has 112 valence electrons. The van der Waals surface area contributed by atoms with Crippen LogP contribution in [0.15, 0.2) is 24.3 Å². The summed E-state index contributed by atoms with van der Waals surface area (Å²) in [6.45, 7) is 3.06. The minimum absolute atomic E-state index is 0.436. The summed E-state index contributed by atoms with van der Waals surface area (Å²) in [4.78, 5) is 2.54. The van der Waals surface area contributed by atoms with Gasteiger partial charge in [0.05, 0.1) is 0 Å². The van der Waals surface area contributed by atoms with E-state index in [-0.39, 0.29) is 0 Å². The largest absolute Gasteiger partial charge is 0.330 e. The Labute approximate surface area is 128 Å². The summed E-state index contributed by atoms with van der Waals surface area (Å²) in [6, 6.07) is 9.34. The standard InChI is InChI=1S/C17H27ClN2/c1-3-16(13-8-6-9-15(18)11-13)20(2)17-10-5-4-7-14(17)12-19/h6,8-9,11,14,16-17H,3-5,7,10,12,19H2,1-2H3. The molecule has 0 amide bonds. The van der Waals surface area contributed by atoms with E-state index in [1.165, 1.54) is 31.2 Å². The van der Waals surface area contributed by atoms with Gasteiger partial charge in [0.25, 0.3) is 0 Å². The molecule has 3 unspecified atom stereocenters. The van der Waals surface area contributed by atoms with Crippen LogP contribution in [0.1, 0.15) is 50.6 Å². The van der Waals surface area contributed by atoms with Crippen molar-refractivity contribution in [3.05, 3.63) is 34.9 Å². The summed E-state index contributed by atoms with van der Waals surface area (Å²) in [5.74, 6) is 0.641. The maximum absolute atomic E-state index is 6.15. The topological polar surface area (TPSA) is 29.3 Å². The molecule has 20 heavy (non-hydrogen) atoms. The molecule has 1 aliphatic rings. The van der Waals surface area contributed by atoms with Crippen molar-refractivity contribution in [1.29, 1.82) is 0 Å². The Morgan fingerprint density at radius 3 is 2.75 bits per heavy atom. The van der Waals surface area contributed by atoms with Gasteiger partial charge in [-0.2, -0.15) is 0 Å². The first-order chi connectivity index (χ1) is 9.67. The third-order valence-electron chi connectivity index (χ3n) is 4.81. The van der Waals surface area contributed by atoms with E-state index >= 15 is 0 Å². The van der Waals surface area contributed by atoms with Gasteiger partial charge in [0.1, 0.15) is 0 Å². The van der Waals surface area contributed by atoms with Crippen LogP contribution in [0.25, 0.3) is 0 Å². The monoisotopic (exact) mass is 294 g/mol. The average Bonchev–Trinajstić information content (AvgIpc) is 2.48. The van der Waals surface area contributed by atoms with Gasteiger partial charge in [-0.05, 0) is 56.5 Å². The molecule has 0 saturated heterocycles. The van der Waals surface area contributed by atoms with Gasteiger partial charge in [-0.3, -0.25) is 4.90 Å². The zero-order chi connectivity index (χ0) is 14.5. The lowest BCUT2D eigenvalue weighted by atomic mass is 9.82. The second kappa shape index (κ2) is 7.44. The SMILES string of the molecule is CCC(c1cccc(Cl)c1)N(C)C1CCCCC1CN. The molecule has 1 fully saturated rings. The second-order valence-corrected chi connectivity index (χ2v) is 6.43. The molecule has 1 aliphatic carbocycles. The summed E-state index contributed by atoms with van der Waals surface area (Å²) in [5, 5.41) is 0.827. The quantitative estimate of drug-likeness (QED) is 0.880. The molecule has 1 aromatic carbocycles. The molecule has 2 N–H and O–H groups in total. The van der Waals surface area contributed by atoms with Gasteiger partial charge in [-0.15, -0.1) is 0 Å². The highest BCUT2D eigenvalue weighted by Crippen LogP contribution is 2.34. The van der Waals surface area contributed by atoms with Gasteiger partial charge in [0.2, 0.25) is 0 Å². The molecule has 0 bridgehead atoms. The molecule has 2 rings (SSSR count). The summed E-state index contributed by atoms with van der Waals surface area (Å²) >= 11 is 6.15. The lowest BCUT2D eigenvalue weighted by Gasteiger charge is -2.41. The van der Waals surface area contributed by atoms with Gasteiger partial charge in [-0.1, -0.05) is 43.5 Å². The van der Waals surface area contributed by atoms with E-state index in [1.807, 2.05) is 6.07 Å². The number of halogens is 1. The highest BCUT2D eigenvalue weighted by Gasteiger charge is 2.30. The lowest BCUT2D eigenvalue weighted by Crippen LogP contribution is -2.44. The van der Waals surface area contributed by atoms with Crippen LogP contribution in [0.2, 0.25) is 5.02 Å². The fraction of sp³-hybridized carbons (Fsp3) is 0.647. The van der Waals surface area contributed by atoms with Crippen molar-refractivity contribution in [3.8, 4) is 0 Å². The minimum Gasteiger partial charge on any atom is -0.330 e. The van der Waals surface area contributed by atoms with E-state index in [0.29, 0.717) is 18.0 Å². The molecule has 0 heterocycles. The van der Waals surface area contributed by atoms with Crippen LogP contribution in [0, 0.1) is 5.92 Å². The minimum atomic E-state index is 0.436. The Balaban J connectivity index is 2.17. The summed E-state index contributed by atoms with van der Waals surface area (Å²) in [6.07, 6.45) is 6.31. The third kappa shape index (κ3) is 3.55. The zero-order valence-corrected chi connectivity index (χ0v) is 13.4. The van der Waals surface area contributed by atoms with Crippen molar-refractivity contribution >= 4 is 11.6 Å². The molecule has 0 aliphatic heterocycles. The highest BCUT2D eigenvalue weighted by atomic mass is 35.5. The van der Waals surface area contributed by atoms with E-state index in [9.17, 15) is 0 Å². The number of nitrogens with zero attached hydrogens (tertiary/aromatic N) is 1. The third-order valence-corrected chi connectivity index (χ3v) is 5.04. The smallest absolute Gasteiger partial charge is 0.0409 e. The molecule has 1 aromatic rings. The normalized spacial score (nSPS) is 24.9. The predicted molar refractivity (Wildman–Crippen MR) is 87.0 cm³/mol. The molecule has 3 atom stereocenters. The Morgan fingerprint density at radius 2 is 2.10 bits per heavy atom. The fourth-order valence-corrected chi connectivity index (χ4v) is 3.90. The number of hydrogen-bond donors (Lipinski definition) is 1. The van der Waals surface area contributed by atoms with Gasteiger partial charge < -0.3 is 5.73 Å². The summed E-state index contributed by atoms with van der Waals surface area (Å²) in [7, 11) is 2.26. The van der Waals surface area contributed by atoms with Crippen molar-refractivity contribution in [3.63, 3.8) is 0 Å². The fourth-order valence-electron chi connectivity index (χ4n) is 3.70. The number of nitrogens with two attached hydrogens (primary N) is 1. The van der Waals surface area contributed by atoms with Gasteiger partial charge in [0, 0.05) is 17.1 Å². The Morgan fingerprint density at radius 1 is 1.35 bits per heavy atom. The van der Waals surface area contributed by atoms with E-state index in [2.05, 4.69) is 37.1 Å². The van der Waals surface area contributed by atoms with E-state index in [4.69, 9.17) is 17.3 Å². The highest BCUT2D eigenvalue weighted by molar-refractivity contribution is 6.30. The Hall–Kier alpha value is -0.570. The molecule has 1 saturated carbocycles. The first-order valence-electron chi connectivity index (χ1n) is 7.84. The van der Waals surface area contributed by atoms with Crippen molar-refractivity contribution in [2.45, 2.75) is 51.1 Å². The summed E-state index contributed by atoms with van der Waals surface area (Å²) in [5.41, 5.74) is 7.31. The van der Waals surface area contributed by atoms with Crippen molar-refractivity contribution in [1.82, 2.24) is 4.90 Å². The average molecular weight is 295 g/mol. The van der Waals surface area contributed by atoms with Crippen LogP contribution in [0.3, 0.4) is 0 Å². The predicted octanol–water partition coefficient (Wildman–Crippen LogP) is 4.24. The maximum Gasteiger partial charge on any atom is 0.0409 e. The van der Waals surface area contributed by atoms with E-state index in [1.54, 1.807) is 0 Å². The summed E-state index contributed by atoms with van der Waals surface area (Å²) < 4.78 is 0. The van der Waals surface area contributed by atoms with Crippen LogP contribution in [-0.4, -0.2) is 24.5 Å². The Kier molecular flexibility index (Phi) is 5.88. The molecule has 0 radical (unpaired) electrons. The molecule has 2 nitrogen and oxygen atoms in total. The number of hydrogen-bond acceptors (Lipinski definition) is 2. The van der Waals surface area contributed by atoms with Crippen LogP contribution in [0.4, 0.5) is 0 Å². The van der Waals surface area contributed by atoms with Gasteiger partial charge >= 0.3 is 0 Å². The zero-order valence-electron chi connectivity index (χ0n) is 12.7. The van der Waals surface area contributed by atoms with Crippen molar-refractivity contribution in [2.75, 3.05) is 13.6 Å². The Bertz CT molecular complexity index is 421. The van der Waals surface area contributed by atoms with Crippen LogP contribution >= 0.6 is 11.6 Å². The molecular formula is C17H27ClN2. The van der Waals surface area contributed by atoms with Gasteiger partial charge in [0.15, 0.2) is 0 Å². The van der Waals surface area contributed by atoms with Crippen molar-refractivity contribution in [2.24, 2.45) is 11.7 Å². The molecule has 3 heteroatoms. The number of rotatable bonds is 5. The molecular weight excluding hydrogens is 268 g/mol. The lowest BCUT2D eigenvalue weighted by molar-refractivity contribution is 0.0895. The van der Waals surface area contributed by atoms with Crippen LogP contribution < -0.4 is 5.73 Å². The first kappa shape index (κ1) is 15.8. The molecule has 0 aromatic heterocycles. The van der Waals surface area contributed by atoms with E-state index in [0.717, 1.165) is 18.0 Å². The second-order valence-electron chi connectivity index (χ2n) is 5.99. The van der Waals surface area contributed by atoms with Gasteiger partial charge in [-0.25, -0.2) is 0 Å². The van der Waals surface area contributed by atoms with Crippen molar-refractivity contribution < 1.29 is 0 Å². The maximum atomic E-state index is 6.15. The number of benzene rings is 1. The van der Waals surface area contributed by atoms with Crippen LogP contribution in [0.5, 0.6) is 0 Å².